The van der Waals surface area contributed by atoms with E-state index >= 15 is 0 Å². The summed E-state index contributed by atoms with van der Waals surface area (Å²) in [6, 6.07) is 1.90. The van der Waals surface area contributed by atoms with E-state index in [0.29, 0.717) is 0 Å². The Bertz CT molecular complexity index is 938. The van der Waals surface area contributed by atoms with E-state index in [2.05, 4.69) is 10.5 Å². The molecule has 0 radical (unpaired) electrons. The first-order chi connectivity index (χ1) is 11.1. The molecule has 0 amide bonds. The standard InChI is InChI=1S/C12H11N5O6S.Na/c13-7-4-8(14)12(24(21,22)23)5-9(7)15-16-10-3-6(17(19)20)1-2-11(10)18;/h1-5,15H,13-14H2,(H,21,22,23);/q;+1/p-1/b16-10+;. The van der Waals surface area contributed by atoms with Crippen LogP contribution in [-0.2, 0) is 14.9 Å². The smallest absolute Gasteiger partial charge is 0.744 e. The van der Waals surface area contributed by atoms with Gasteiger partial charge in [0, 0.05) is 12.2 Å². The fraction of sp³-hybridized carbons (Fsp3) is 0. The molecule has 0 unspecified atom stereocenters. The Morgan fingerprint density at radius 3 is 2.36 bits per heavy atom. The molecule has 11 nitrogen and oxygen atoms in total. The molecule has 0 aromatic heterocycles. The number of nitrogens with zero attached hydrogens (tertiary/aromatic N) is 2. The molecule has 13 heteroatoms. The molecule has 0 heterocycles. The van der Waals surface area contributed by atoms with Crippen molar-refractivity contribution in [1.29, 1.82) is 0 Å². The van der Waals surface area contributed by atoms with E-state index in [9.17, 15) is 27.9 Å². The van der Waals surface area contributed by atoms with Crippen molar-refractivity contribution < 1.29 is 52.2 Å². The van der Waals surface area contributed by atoms with Crippen LogP contribution < -0.4 is 46.5 Å². The first-order valence-corrected chi connectivity index (χ1v) is 7.57. The summed E-state index contributed by atoms with van der Waals surface area (Å²) in [4.78, 5) is 20.9. The van der Waals surface area contributed by atoms with Crippen LogP contribution in [0.25, 0.3) is 0 Å². The third kappa shape index (κ3) is 4.87. The first kappa shape index (κ1) is 20.8. The Balaban J connectivity index is 0.00000312. The molecule has 1 aliphatic carbocycles. The minimum Gasteiger partial charge on any atom is -0.744 e. The maximum Gasteiger partial charge on any atom is 1.00 e. The van der Waals surface area contributed by atoms with Gasteiger partial charge in [0.15, 0.2) is 0 Å². The number of allylic oxidation sites excluding steroid dienone is 3. The molecule has 0 saturated heterocycles. The second-order valence-corrected chi connectivity index (χ2v) is 5.91. The number of nitrogens with one attached hydrogen (secondary N) is 1. The van der Waals surface area contributed by atoms with Gasteiger partial charge in [0.25, 0.3) is 5.70 Å². The second kappa shape index (κ2) is 7.76. The predicted molar refractivity (Wildman–Crippen MR) is 83.5 cm³/mol. The fourth-order valence-corrected chi connectivity index (χ4v) is 2.36. The van der Waals surface area contributed by atoms with Gasteiger partial charge in [-0.05, 0) is 18.2 Å². The summed E-state index contributed by atoms with van der Waals surface area (Å²) in [5, 5.41) is 14.3. The molecule has 2 rings (SSSR count). The molecular formula is C12H10N5NaO6S. The molecule has 1 aromatic rings. The van der Waals surface area contributed by atoms with Crippen LogP contribution in [0.15, 0.2) is 46.1 Å². The van der Waals surface area contributed by atoms with Crippen LogP contribution in [0, 0.1) is 10.1 Å². The number of ketones is 1. The Kier molecular flexibility index (Phi) is 6.45. The Morgan fingerprint density at radius 1 is 1.16 bits per heavy atom. The topological polar surface area (TPSA) is 194 Å². The van der Waals surface area contributed by atoms with Crippen LogP contribution >= 0.6 is 0 Å². The summed E-state index contributed by atoms with van der Waals surface area (Å²) in [6.07, 6.45) is 2.90. The Labute approximate surface area is 163 Å². The van der Waals surface area contributed by atoms with Gasteiger partial charge >= 0.3 is 29.6 Å². The number of carbonyl (C=O) groups is 1. The number of hydrogen-bond acceptors (Lipinski definition) is 10. The second-order valence-electron chi connectivity index (χ2n) is 4.56. The third-order valence-corrected chi connectivity index (χ3v) is 3.79. The zero-order chi connectivity index (χ0) is 18.1. The third-order valence-electron chi connectivity index (χ3n) is 2.90. The minimum atomic E-state index is -4.85. The van der Waals surface area contributed by atoms with E-state index < -0.39 is 25.7 Å². The number of nitrogen functional groups attached to an aromatic ring is 2. The normalized spacial score (nSPS) is 15.5. The molecule has 25 heavy (non-hydrogen) atoms. The summed E-state index contributed by atoms with van der Waals surface area (Å²) in [5.74, 6) is -0.612. The Morgan fingerprint density at radius 2 is 1.80 bits per heavy atom. The van der Waals surface area contributed by atoms with Crippen molar-refractivity contribution in [1.82, 2.24) is 0 Å². The van der Waals surface area contributed by atoms with E-state index in [4.69, 9.17) is 11.5 Å². The van der Waals surface area contributed by atoms with Crippen molar-refractivity contribution >= 4 is 38.7 Å². The molecule has 5 N–H and O–H groups in total. The van der Waals surface area contributed by atoms with Crippen molar-refractivity contribution in [3.8, 4) is 0 Å². The van der Waals surface area contributed by atoms with Crippen LogP contribution in [0.3, 0.4) is 0 Å². The van der Waals surface area contributed by atoms with Gasteiger partial charge in [0.05, 0.1) is 26.9 Å². The van der Waals surface area contributed by atoms with Gasteiger partial charge in [-0.1, -0.05) is 0 Å². The number of carbonyl (C=O) groups excluding carboxylic acids is 1. The number of hydrogen-bond donors (Lipinski definition) is 3. The van der Waals surface area contributed by atoms with Crippen LogP contribution in [0.5, 0.6) is 0 Å². The summed E-state index contributed by atoms with van der Waals surface area (Å²) in [6.45, 7) is 0. The molecule has 0 spiro atoms. The summed E-state index contributed by atoms with van der Waals surface area (Å²) in [7, 11) is -4.85. The summed E-state index contributed by atoms with van der Waals surface area (Å²) >= 11 is 0. The van der Waals surface area contributed by atoms with Gasteiger partial charge in [-0.3, -0.25) is 20.3 Å². The minimum absolute atomic E-state index is 0. The summed E-state index contributed by atoms with van der Waals surface area (Å²) < 4.78 is 33.3. The molecule has 0 saturated carbocycles. The van der Waals surface area contributed by atoms with Gasteiger partial charge in [-0.2, -0.15) is 5.10 Å². The predicted octanol–water partition coefficient (Wildman–Crippen LogP) is -3.17. The molecule has 1 aromatic carbocycles. The van der Waals surface area contributed by atoms with Crippen molar-refractivity contribution in [2.45, 2.75) is 4.90 Å². The van der Waals surface area contributed by atoms with E-state index in [1.54, 1.807) is 0 Å². The number of nitro groups is 1. The maximum atomic E-state index is 11.6. The molecule has 1 aliphatic rings. The van der Waals surface area contributed by atoms with E-state index in [0.717, 1.165) is 30.4 Å². The number of anilines is 3. The van der Waals surface area contributed by atoms with Crippen LogP contribution in [0.2, 0.25) is 0 Å². The largest absolute Gasteiger partial charge is 1.00 e. The molecule has 0 bridgehead atoms. The number of nitrogens with two attached hydrogens (primary N) is 2. The van der Waals surface area contributed by atoms with Crippen molar-refractivity contribution in [3.63, 3.8) is 0 Å². The number of rotatable bonds is 4. The zero-order valence-electron chi connectivity index (χ0n) is 12.8. The number of benzene rings is 1. The molecule has 0 atom stereocenters. The maximum absolute atomic E-state index is 11.6. The molecule has 0 aliphatic heterocycles. The quantitative estimate of drug-likeness (QED) is 0.121. The van der Waals surface area contributed by atoms with Crippen molar-refractivity contribution in [2.75, 3.05) is 16.9 Å². The van der Waals surface area contributed by atoms with Crippen LogP contribution in [0.4, 0.5) is 17.1 Å². The van der Waals surface area contributed by atoms with Crippen LogP contribution in [-0.4, -0.2) is 29.4 Å². The zero-order valence-corrected chi connectivity index (χ0v) is 15.6. The monoisotopic (exact) mass is 375 g/mol. The van der Waals surface area contributed by atoms with E-state index in [1.165, 1.54) is 0 Å². The average molecular weight is 375 g/mol. The SMILES string of the molecule is Nc1cc(N)c(S(=O)(=O)[O-])cc1N/N=C1\C=C([N+](=O)[O-])C=CC1=O.[Na+]. The van der Waals surface area contributed by atoms with E-state index in [-0.39, 0.29) is 58.0 Å². The van der Waals surface area contributed by atoms with E-state index in [1.807, 2.05) is 0 Å². The molecule has 126 valence electrons. The molecular weight excluding hydrogens is 365 g/mol. The van der Waals surface area contributed by atoms with Crippen LogP contribution in [0.1, 0.15) is 0 Å². The van der Waals surface area contributed by atoms with Gasteiger partial charge < -0.3 is 16.0 Å². The number of hydrazone groups is 1. The summed E-state index contributed by atoms with van der Waals surface area (Å²) in [5.41, 5.74) is 12.2. The van der Waals surface area contributed by atoms with Gasteiger partial charge in [-0.15, -0.1) is 0 Å². The Hall–Kier alpha value is -2.25. The first-order valence-electron chi connectivity index (χ1n) is 6.16. The average Bonchev–Trinajstić information content (AvgIpc) is 2.46. The van der Waals surface area contributed by atoms with Gasteiger partial charge in [0.1, 0.15) is 15.8 Å². The van der Waals surface area contributed by atoms with Gasteiger partial charge in [0.2, 0.25) is 5.78 Å². The van der Waals surface area contributed by atoms with Crippen molar-refractivity contribution in [2.24, 2.45) is 5.10 Å². The molecule has 0 fully saturated rings. The van der Waals surface area contributed by atoms with Crippen molar-refractivity contribution in [3.05, 3.63) is 46.2 Å². The fourth-order valence-electron chi connectivity index (χ4n) is 1.75. The van der Waals surface area contributed by atoms with Gasteiger partial charge in [-0.25, -0.2) is 8.42 Å².